The van der Waals surface area contributed by atoms with Gasteiger partial charge in [0.05, 0.1) is 12.6 Å². The first-order valence-electron chi connectivity index (χ1n) is 7.92. The summed E-state index contributed by atoms with van der Waals surface area (Å²) in [5, 5.41) is 5.55. The van der Waals surface area contributed by atoms with Gasteiger partial charge in [-0.3, -0.25) is 24.1 Å². The summed E-state index contributed by atoms with van der Waals surface area (Å²) in [6.07, 6.45) is 5.22. The molecule has 1 atom stereocenters. The Hall–Kier alpha value is -2.35. The van der Waals surface area contributed by atoms with Crippen LogP contribution in [-0.2, 0) is 24.0 Å². The highest BCUT2D eigenvalue weighted by molar-refractivity contribution is 6.13. The molecule has 0 aromatic rings. The number of nitrogens with one attached hydrogen (secondary N) is 2. The molecule has 1 aliphatic rings. The lowest BCUT2D eigenvalue weighted by molar-refractivity contribution is -0.137. The maximum absolute atomic E-state index is 11.7. The molecule has 0 saturated heterocycles. The zero-order valence-electron chi connectivity index (χ0n) is 13.7. The van der Waals surface area contributed by atoms with Crippen LogP contribution in [0.3, 0.4) is 0 Å². The number of aldehydes is 1. The predicted octanol–water partition coefficient (Wildman–Crippen LogP) is -0.666. The van der Waals surface area contributed by atoms with Crippen molar-refractivity contribution in [2.75, 3.05) is 19.6 Å². The molecular weight excluding hydrogens is 314 g/mol. The third-order valence-corrected chi connectivity index (χ3v) is 3.50. The maximum atomic E-state index is 11.7. The summed E-state index contributed by atoms with van der Waals surface area (Å²) in [7, 11) is 0. The van der Waals surface area contributed by atoms with Gasteiger partial charge in [0.1, 0.15) is 12.1 Å². The van der Waals surface area contributed by atoms with Gasteiger partial charge in [-0.1, -0.05) is 0 Å². The Kier molecular flexibility index (Phi) is 8.56. The molecule has 0 aromatic carbocycles. The minimum atomic E-state index is -0.397. The first-order valence-corrected chi connectivity index (χ1v) is 7.92. The van der Waals surface area contributed by atoms with Crippen molar-refractivity contribution >= 4 is 29.8 Å². The van der Waals surface area contributed by atoms with Crippen molar-refractivity contribution in [2.24, 2.45) is 0 Å². The van der Waals surface area contributed by atoms with E-state index in [0.29, 0.717) is 19.4 Å². The Bertz CT molecular complexity index is 512. The van der Waals surface area contributed by atoms with Crippen LogP contribution in [0.15, 0.2) is 12.2 Å². The minimum Gasteiger partial charge on any atom is -0.356 e. The molecule has 0 aromatic heterocycles. The molecule has 0 radical (unpaired) electrons. The fraction of sp³-hybridized carbons (Fsp3) is 0.562. The predicted molar refractivity (Wildman–Crippen MR) is 85.9 cm³/mol. The van der Waals surface area contributed by atoms with Gasteiger partial charge in [-0.15, -0.1) is 0 Å². The number of carbonyl (C=O) groups is 5. The number of imide groups is 1. The molecule has 0 fully saturated rings. The highest BCUT2D eigenvalue weighted by Gasteiger charge is 2.23. The molecule has 1 unspecified atom stereocenters. The topological polar surface area (TPSA) is 113 Å². The van der Waals surface area contributed by atoms with E-state index in [9.17, 15) is 24.0 Å². The molecular formula is C16H23N3O5. The Balaban J connectivity index is 2.08. The van der Waals surface area contributed by atoms with E-state index in [-0.39, 0.29) is 37.2 Å². The van der Waals surface area contributed by atoms with Gasteiger partial charge in [0.2, 0.25) is 5.91 Å². The molecule has 132 valence electrons. The summed E-state index contributed by atoms with van der Waals surface area (Å²) in [5.41, 5.74) is 0. The first-order chi connectivity index (χ1) is 11.4. The number of nitrogens with zero attached hydrogens (tertiary/aromatic N) is 1. The Labute approximate surface area is 140 Å². The van der Waals surface area contributed by atoms with Crippen LogP contribution in [0.2, 0.25) is 0 Å². The summed E-state index contributed by atoms with van der Waals surface area (Å²) in [4.78, 5) is 57.0. The first kappa shape index (κ1) is 19.7. The van der Waals surface area contributed by atoms with Crippen molar-refractivity contribution < 1.29 is 24.0 Å². The van der Waals surface area contributed by atoms with Gasteiger partial charge in [0.15, 0.2) is 0 Å². The standard InChI is InChI=1S/C16H23N3O5/c1-12(21)10-18-13(11-20)4-2-3-8-17-14(22)7-9-19-15(23)5-6-16(19)24/h5-6,11,13,18H,2-4,7-10H2,1H3,(H,17,22). The SMILES string of the molecule is CC(=O)CNC(C=O)CCCCNC(=O)CCN1C(=O)C=CC1=O. The molecule has 0 spiro atoms. The van der Waals surface area contributed by atoms with Crippen LogP contribution >= 0.6 is 0 Å². The summed E-state index contributed by atoms with van der Waals surface area (Å²) in [5.74, 6) is -1.06. The van der Waals surface area contributed by atoms with Gasteiger partial charge >= 0.3 is 0 Å². The normalized spacial score (nSPS) is 14.8. The lowest BCUT2D eigenvalue weighted by atomic mass is 10.1. The third-order valence-electron chi connectivity index (χ3n) is 3.50. The van der Waals surface area contributed by atoms with E-state index in [1.807, 2.05) is 0 Å². The van der Waals surface area contributed by atoms with E-state index >= 15 is 0 Å². The van der Waals surface area contributed by atoms with Crippen molar-refractivity contribution in [2.45, 2.75) is 38.6 Å². The van der Waals surface area contributed by atoms with Crippen molar-refractivity contribution in [3.8, 4) is 0 Å². The second kappa shape index (κ2) is 10.4. The van der Waals surface area contributed by atoms with E-state index < -0.39 is 11.8 Å². The monoisotopic (exact) mass is 337 g/mol. The molecule has 8 nitrogen and oxygen atoms in total. The average molecular weight is 337 g/mol. The molecule has 1 heterocycles. The number of rotatable bonds is 12. The highest BCUT2D eigenvalue weighted by Crippen LogP contribution is 2.04. The number of unbranched alkanes of at least 4 members (excludes halogenated alkanes) is 1. The van der Waals surface area contributed by atoms with Gasteiger partial charge in [-0.25, -0.2) is 0 Å². The Morgan fingerprint density at radius 1 is 1.21 bits per heavy atom. The number of amides is 3. The number of carbonyl (C=O) groups excluding carboxylic acids is 5. The molecule has 2 N–H and O–H groups in total. The van der Waals surface area contributed by atoms with E-state index in [4.69, 9.17) is 0 Å². The number of hydrogen-bond acceptors (Lipinski definition) is 6. The van der Waals surface area contributed by atoms with Crippen LogP contribution in [0.4, 0.5) is 0 Å². The van der Waals surface area contributed by atoms with Crippen LogP contribution in [0.5, 0.6) is 0 Å². The molecule has 8 heteroatoms. The van der Waals surface area contributed by atoms with Gasteiger partial charge in [-0.05, 0) is 26.2 Å². The van der Waals surface area contributed by atoms with Crippen LogP contribution in [0, 0.1) is 0 Å². The van der Waals surface area contributed by atoms with Gasteiger partial charge in [-0.2, -0.15) is 0 Å². The fourth-order valence-corrected chi connectivity index (χ4v) is 2.16. The van der Waals surface area contributed by atoms with Gasteiger partial charge < -0.3 is 15.4 Å². The van der Waals surface area contributed by atoms with Crippen molar-refractivity contribution in [3.05, 3.63) is 12.2 Å². The largest absolute Gasteiger partial charge is 0.356 e. The molecule has 0 saturated carbocycles. The summed E-state index contributed by atoms with van der Waals surface area (Å²) in [6, 6.07) is -0.357. The van der Waals surface area contributed by atoms with Gasteiger partial charge in [0.25, 0.3) is 11.8 Å². The second-order valence-corrected chi connectivity index (χ2v) is 5.58. The zero-order chi connectivity index (χ0) is 17.9. The van der Waals surface area contributed by atoms with E-state index in [0.717, 1.165) is 17.6 Å². The Morgan fingerprint density at radius 2 is 1.88 bits per heavy atom. The van der Waals surface area contributed by atoms with E-state index in [1.54, 1.807) is 0 Å². The van der Waals surface area contributed by atoms with Crippen LogP contribution in [0.1, 0.15) is 32.6 Å². The second-order valence-electron chi connectivity index (χ2n) is 5.58. The number of Topliss-reactive ketones (excluding diaryl/α,β-unsaturated/α-hetero) is 1. The third kappa shape index (κ3) is 7.28. The summed E-state index contributed by atoms with van der Waals surface area (Å²) >= 11 is 0. The van der Waals surface area contributed by atoms with Crippen LogP contribution in [0.25, 0.3) is 0 Å². The minimum absolute atomic E-state index is 0.0284. The highest BCUT2D eigenvalue weighted by atomic mass is 16.2. The van der Waals surface area contributed by atoms with Crippen LogP contribution < -0.4 is 10.6 Å². The maximum Gasteiger partial charge on any atom is 0.253 e. The smallest absolute Gasteiger partial charge is 0.253 e. The van der Waals surface area contributed by atoms with E-state index in [2.05, 4.69) is 10.6 Å². The van der Waals surface area contributed by atoms with Crippen molar-refractivity contribution in [1.82, 2.24) is 15.5 Å². The molecule has 24 heavy (non-hydrogen) atoms. The van der Waals surface area contributed by atoms with Crippen molar-refractivity contribution in [3.63, 3.8) is 0 Å². The summed E-state index contributed by atoms with van der Waals surface area (Å²) in [6.45, 7) is 2.14. The lowest BCUT2D eigenvalue weighted by Crippen LogP contribution is -2.35. The summed E-state index contributed by atoms with van der Waals surface area (Å²) < 4.78 is 0. The zero-order valence-corrected chi connectivity index (χ0v) is 13.7. The average Bonchev–Trinajstić information content (AvgIpc) is 2.86. The van der Waals surface area contributed by atoms with Crippen molar-refractivity contribution in [1.29, 1.82) is 0 Å². The fourth-order valence-electron chi connectivity index (χ4n) is 2.16. The Morgan fingerprint density at radius 3 is 2.46 bits per heavy atom. The molecule has 0 aliphatic carbocycles. The molecule has 0 bridgehead atoms. The molecule has 1 rings (SSSR count). The molecule has 1 aliphatic heterocycles. The van der Waals surface area contributed by atoms with Gasteiger partial charge in [0, 0.05) is 31.7 Å². The quantitative estimate of drug-likeness (QED) is 0.278. The number of hydrogen-bond donors (Lipinski definition) is 2. The van der Waals surface area contributed by atoms with Crippen LogP contribution in [-0.4, -0.2) is 60.4 Å². The van der Waals surface area contributed by atoms with E-state index in [1.165, 1.54) is 19.1 Å². The lowest BCUT2D eigenvalue weighted by Gasteiger charge is -2.13. The number of ketones is 1. The molecule has 3 amide bonds.